The minimum absolute atomic E-state index is 0.0410. The van der Waals surface area contributed by atoms with Crippen molar-refractivity contribution in [3.63, 3.8) is 0 Å². The van der Waals surface area contributed by atoms with Crippen molar-refractivity contribution >= 4 is 34.9 Å². The van der Waals surface area contributed by atoms with Crippen molar-refractivity contribution in [1.82, 2.24) is 4.90 Å². The Morgan fingerprint density at radius 2 is 1.79 bits per heavy atom. The minimum Gasteiger partial charge on any atom is -0.484 e. The van der Waals surface area contributed by atoms with Crippen LogP contribution >= 0.6 is 11.6 Å². The van der Waals surface area contributed by atoms with Crippen molar-refractivity contribution in [2.45, 2.75) is 20.8 Å². The van der Waals surface area contributed by atoms with Gasteiger partial charge in [0.15, 0.2) is 12.4 Å². The number of anilines is 1. The Balaban J connectivity index is 1.90. The summed E-state index contributed by atoms with van der Waals surface area (Å²) < 4.78 is 5.47. The highest BCUT2D eigenvalue weighted by Gasteiger charge is 2.17. The summed E-state index contributed by atoms with van der Waals surface area (Å²) in [5, 5.41) is 3.29. The zero-order chi connectivity index (χ0) is 20.7. The summed E-state index contributed by atoms with van der Waals surface area (Å²) >= 11 is 5.96. The van der Waals surface area contributed by atoms with Gasteiger partial charge in [-0.25, -0.2) is 0 Å². The van der Waals surface area contributed by atoms with Gasteiger partial charge >= 0.3 is 0 Å². The van der Waals surface area contributed by atoms with E-state index in [9.17, 15) is 14.4 Å². The number of aryl methyl sites for hydroxylation is 1. The first-order chi connectivity index (χ1) is 13.3. The lowest BCUT2D eigenvalue weighted by atomic mass is 10.1. The third-order valence-electron chi connectivity index (χ3n) is 4.17. The van der Waals surface area contributed by atoms with E-state index >= 15 is 0 Å². The highest BCUT2D eigenvalue weighted by molar-refractivity contribution is 6.31. The molecule has 1 N–H and O–H groups in total. The number of hydrogen-bond acceptors (Lipinski definition) is 4. The van der Waals surface area contributed by atoms with E-state index in [1.807, 2.05) is 13.0 Å². The summed E-state index contributed by atoms with van der Waals surface area (Å²) in [6.07, 6.45) is 0. The summed E-state index contributed by atoms with van der Waals surface area (Å²) in [4.78, 5) is 37.4. The van der Waals surface area contributed by atoms with Crippen LogP contribution in [0.15, 0.2) is 42.5 Å². The number of benzene rings is 2. The average Bonchev–Trinajstić information content (AvgIpc) is 2.67. The highest BCUT2D eigenvalue weighted by Crippen LogP contribution is 2.20. The van der Waals surface area contributed by atoms with Crippen LogP contribution in [-0.4, -0.2) is 42.2 Å². The number of ketones is 1. The Morgan fingerprint density at radius 1 is 1.11 bits per heavy atom. The third-order valence-corrected chi connectivity index (χ3v) is 4.40. The number of Topliss-reactive ketones (excluding diaryl/α,β-unsaturated/α-hetero) is 1. The maximum absolute atomic E-state index is 12.4. The first-order valence-corrected chi connectivity index (χ1v) is 9.25. The molecule has 0 fully saturated rings. The summed E-state index contributed by atoms with van der Waals surface area (Å²) in [7, 11) is 0. The molecule has 0 aliphatic carbocycles. The van der Waals surface area contributed by atoms with Gasteiger partial charge in [-0.05, 0) is 62.7 Å². The second kappa shape index (κ2) is 9.90. The molecule has 0 bridgehead atoms. The molecule has 148 valence electrons. The van der Waals surface area contributed by atoms with Gasteiger partial charge in [0.25, 0.3) is 5.91 Å². The van der Waals surface area contributed by atoms with Gasteiger partial charge in [0.2, 0.25) is 5.91 Å². The lowest BCUT2D eigenvalue weighted by Gasteiger charge is -2.21. The summed E-state index contributed by atoms with van der Waals surface area (Å²) in [6, 6.07) is 11.8. The van der Waals surface area contributed by atoms with E-state index in [4.69, 9.17) is 16.3 Å². The Hall–Kier alpha value is -2.86. The molecule has 0 saturated heterocycles. The monoisotopic (exact) mass is 402 g/mol. The van der Waals surface area contributed by atoms with Crippen LogP contribution in [0.2, 0.25) is 5.02 Å². The summed E-state index contributed by atoms with van der Waals surface area (Å²) in [5.74, 6) is -0.184. The Labute approximate surface area is 169 Å². The normalized spacial score (nSPS) is 10.3. The number of ether oxygens (including phenoxy) is 1. The number of nitrogens with zero attached hydrogens (tertiary/aromatic N) is 1. The number of halogens is 1. The number of carbonyl (C=O) groups excluding carboxylic acids is 3. The molecule has 0 saturated carbocycles. The zero-order valence-electron chi connectivity index (χ0n) is 16.1. The maximum Gasteiger partial charge on any atom is 0.260 e. The van der Waals surface area contributed by atoms with Crippen LogP contribution in [0, 0.1) is 6.92 Å². The average molecular weight is 403 g/mol. The van der Waals surface area contributed by atoms with Gasteiger partial charge in [-0.1, -0.05) is 17.7 Å². The molecule has 2 aromatic rings. The SMILES string of the molecule is CCN(CC(=O)Nc1cc(Cl)ccc1C)C(=O)COc1ccc(C(C)=O)cc1. The number of hydrogen-bond donors (Lipinski definition) is 1. The molecule has 0 radical (unpaired) electrons. The molecular formula is C21H23ClN2O4. The van der Waals surface area contributed by atoms with Gasteiger partial charge in [0.1, 0.15) is 5.75 Å². The predicted molar refractivity (Wildman–Crippen MR) is 109 cm³/mol. The standard InChI is InChI=1S/C21H23ClN2O4/c1-4-24(12-20(26)23-19-11-17(22)8-5-14(19)2)21(27)13-28-18-9-6-16(7-10-18)15(3)25/h5-11H,4,12-13H2,1-3H3,(H,23,26). The van der Waals surface area contributed by atoms with Crippen molar-refractivity contribution in [1.29, 1.82) is 0 Å². The van der Waals surface area contributed by atoms with E-state index in [2.05, 4.69) is 5.32 Å². The van der Waals surface area contributed by atoms with Gasteiger partial charge in [0.05, 0.1) is 6.54 Å². The van der Waals surface area contributed by atoms with Crippen molar-refractivity contribution in [3.05, 3.63) is 58.6 Å². The topological polar surface area (TPSA) is 75.7 Å². The van der Waals surface area contributed by atoms with Crippen molar-refractivity contribution < 1.29 is 19.1 Å². The molecule has 0 aromatic heterocycles. The fraction of sp³-hybridized carbons (Fsp3) is 0.286. The molecule has 2 rings (SSSR count). The van der Waals surface area contributed by atoms with Crippen LogP contribution < -0.4 is 10.1 Å². The fourth-order valence-corrected chi connectivity index (χ4v) is 2.66. The number of nitrogens with one attached hydrogen (secondary N) is 1. The molecule has 0 atom stereocenters. The van der Waals surface area contributed by atoms with Crippen LogP contribution in [0.5, 0.6) is 5.75 Å². The summed E-state index contributed by atoms with van der Waals surface area (Å²) in [6.45, 7) is 5.21. The number of carbonyl (C=O) groups is 3. The largest absolute Gasteiger partial charge is 0.484 e. The molecule has 28 heavy (non-hydrogen) atoms. The smallest absolute Gasteiger partial charge is 0.260 e. The second-order valence-corrected chi connectivity index (χ2v) is 6.72. The molecule has 0 aliphatic heterocycles. The van der Waals surface area contributed by atoms with E-state index < -0.39 is 0 Å². The Morgan fingerprint density at radius 3 is 2.39 bits per heavy atom. The molecular weight excluding hydrogens is 380 g/mol. The minimum atomic E-state index is -0.314. The van der Waals surface area contributed by atoms with Crippen molar-refractivity contribution in [2.24, 2.45) is 0 Å². The molecule has 6 nitrogen and oxygen atoms in total. The first-order valence-electron chi connectivity index (χ1n) is 8.87. The molecule has 2 amide bonds. The van der Waals surface area contributed by atoms with E-state index in [0.717, 1.165) is 5.56 Å². The van der Waals surface area contributed by atoms with Crippen LogP contribution in [0.25, 0.3) is 0 Å². The first kappa shape index (κ1) is 21.4. The van der Waals surface area contributed by atoms with Crippen LogP contribution in [0.1, 0.15) is 29.8 Å². The number of rotatable bonds is 8. The quantitative estimate of drug-likeness (QED) is 0.683. The number of amides is 2. The van der Waals surface area contributed by atoms with Gasteiger partial charge < -0.3 is 15.0 Å². The lowest BCUT2D eigenvalue weighted by molar-refractivity contribution is -0.136. The lowest BCUT2D eigenvalue weighted by Crippen LogP contribution is -2.40. The zero-order valence-corrected chi connectivity index (χ0v) is 16.9. The molecule has 2 aromatic carbocycles. The van der Waals surface area contributed by atoms with Crippen molar-refractivity contribution in [3.8, 4) is 5.75 Å². The van der Waals surface area contributed by atoms with Gasteiger partial charge in [-0.15, -0.1) is 0 Å². The summed E-state index contributed by atoms with van der Waals surface area (Å²) in [5.41, 5.74) is 2.06. The molecule has 7 heteroatoms. The van der Waals surface area contributed by atoms with E-state index in [1.54, 1.807) is 43.3 Å². The van der Waals surface area contributed by atoms with Crippen molar-refractivity contribution in [2.75, 3.05) is 25.0 Å². The van der Waals surface area contributed by atoms with Crippen LogP contribution in [0.4, 0.5) is 5.69 Å². The van der Waals surface area contributed by atoms with Gasteiger partial charge in [-0.3, -0.25) is 14.4 Å². The van der Waals surface area contributed by atoms with Gasteiger partial charge in [0, 0.05) is 22.8 Å². The second-order valence-electron chi connectivity index (χ2n) is 6.28. The Bertz CT molecular complexity index is 865. The maximum atomic E-state index is 12.4. The molecule has 0 aliphatic rings. The van der Waals surface area contributed by atoms with Gasteiger partial charge in [-0.2, -0.15) is 0 Å². The van der Waals surface area contributed by atoms with Crippen LogP contribution in [-0.2, 0) is 9.59 Å². The molecule has 0 heterocycles. The molecule has 0 unspecified atom stereocenters. The third kappa shape index (κ3) is 6.09. The molecule has 0 spiro atoms. The highest BCUT2D eigenvalue weighted by atomic mass is 35.5. The van der Waals surface area contributed by atoms with Crippen LogP contribution in [0.3, 0.4) is 0 Å². The van der Waals surface area contributed by atoms with E-state index in [0.29, 0.717) is 28.6 Å². The Kier molecular flexibility index (Phi) is 7.58. The predicted octanol–water partition coefficient (Wildman–Crippen LogP) is 3.72. The van der Waals surface area contributed by atoms with E-state index in [1.165, 1.54) is 11.8 Å². The fourth-order valence-electron chi connectivity index (χ4n) is 2.49. The van der Waals surface area contributed by atoms with E-state index in [-0.39, 0.29) is 30.7 Å². The number of likely N-dealkylation sites (N-methyl/N-ethyl adjacent to an activating group) is 1.